The summed E-state index contributed by atoms with van der Waals surface area (Å²) in [5.41, 5.74) is 2.11. The number of fused-ring (bicyclic) bond motifs is 1. The van der Waals surface area contributed by atoms with Crippen LogP contribution in [0.1, 0.15) is 18.5 Å². The highest BCUT2D eigenvalue weighted by Gasteiger charge is 2.23. The zero-order chi connectivity index (χ0) is 13.1. The van der Waals surface area contributed by atoms with Crippen LogP contribution in [0.4, 0.5) is 5.69 Å². The second kappa shape index (κ2) is 5.73. The molecular formula is C13H19N3OS. The molecule has 1 aromatic rings. The van der Waals surface area contributed by atoms with Crippen molar-refractivity contribution in [1.29, 1.82) is 0 Å². The van der Waals surface area contributed by atoms with E-state index in [0.29, 0.717) is 0 Å². The average Bonchev–Trinajstić information content (AvgIpc) is 2.37. The van der Waals surface area contributed by atoms with E-state index in [9.17, 15) is 4.79 Å². The monoisotopic (exact) mass is 265 g/mol. The number of thioether (sulfide) groups is 1. The smallest absolute Gasteiger partial charge is 0.237 e. The number of hydrogen-bond donors (Lipinski definition) is 3. The van der Waals surface area contributed by atoms with Gasteiger partial charge in [0.15, 0.2) is 0 Å². The van der Waals surface area contributed by atoms with E-state index in [1.807, 2.05) is 21.0 Å². The van der Waals surface area contributed by atoms with Crippen LogP contribution in [0.25, 0.3) is 0 Å². The Labute approximate surface area is 112 Å². The van der Waals surface area contributed by atoms with Gasteiger partial charge in [-0.25, -0.2) is 0 Å². The van der Waals surface area contributed by atoms with Crippen molar-refractivity contribution < 1.29 is 4.79 Å². The number of likely N-dealkylation sites (N-methyl/N-ethyl adjacent to an activating group) is 2. The highest BCUT2D eigenvalue weighted by atomic mass is 32.2. The van der Waals surface area contributed by atoms with Gasteiger partial charge in [-0.15, -0.1) is 11.8 Å². The van der Waals surface area contributed by atoms with E-state index in [0.717, 1.165) is 17.1 Å². The Morgan fingerprint density at radius 3 is 2.89 bits per heavy atom. The van der Waals surface area contributed by atoms with Crippen molar-refractivity contribution in [2.75, 3.05) is 26.0 Å². The first-order chi connectivity index (χ1) is 8.65. The quantitative estimate of drug-likeness (QED) is 0.774. The van der Waals surface area contributed by atoms with E-state index < -0.39 is 0 Å². The van der Waals surface area contributed by atoms with Crippen LogP contribution >= 0.6 is 11.8 Å². The van der Waals surface area contributed by atoms with Crippen molar-refractivity contribution in [3.63, 3.8) is 0 Å². The predicted octanol–water partition coefficient (Wildman–Crippen LogP) is 1.60. The standard InChI is InChI=1S/C13H19N3OS/c1-8-13(17)16-10-6-9(4-5-12(10)18-8)11(15-3)7-14-2/h4-6,8,11,14-15H,7H2,1-3H3,(H,16,17). The van der Waals surface area contributed by atoms with Crippen molar-refractivity contribution >= 4 is 23.4 Å². The maximum Gasteiger partial charge on any atom is 0.237 e. The van der Waals surface area contributed by atoms with E-state index in [1.54, 1.807) is 11.8 Å². The molecule has 0 bridgehead atoms. The lowest BCUT2D eigenvalue weighted by Gasteiger charge is -2.24. The number of anilines is 1. The summed E-state index contributed by atoms with van der Waals surface area (Å²) in [5, 5.41) is 9.37. The SMILES string of the molecule is CNCC(NC)c1ccc2c(c1)NC(=O)C(C)S2. The van der Waals surface area contributed by atoms with Gasteiger partial charge >= 0.3 is 0 Å². The fourth-order valence-electron chi connectivity index (χ4n) is 2.03. The van der Waals surface area contributed by atoms with E-state index in [2.05, 4.69) is 34.1 Å². The summed E-state index contributed by atoms with van der Waals surface area (Å²) < 4.78 is 0. The third-order valence-electron chi connectivity index (χ3n) is 3.09. The molecule has 1 heterocycles. The van der Waals surface area contributed by atoms with E-state index >= 15 is 0 Å². The van der Waals surface area contributed by atoms with Gasteiger partial charge in [0.1, 0.15) is 0 Å². The van der Waals surface area contributed by atoms with Gasteiger partial charge in [0.2, 0.25) is 5.91 Å². The highest BCUT2D eigenvalue weighted by Crippen LogP contribution is 2.36. The minimum Gasteiger partial charge on any atom is -0.324 e. The molecule has 1 amide bonds. The van der Waals surface area contributed by atoms with E-state index in [4.69, 9.17) is 0 Å². The van der Waals surface area contributed by atoms with Crippen LogP contribution in [0.2, 0.25) is 0 Å². The molecule has 4 nitrogen and oxygen atoms in total. The van der Waals surface area contributed by atoms with Gasteiger partial charge in [0.05, 0.1) is 10.9 Å². The Hall–Kier alpha value is -1.04. The molecule has 0 aliphatic carbocycles. The molecule has 0 radical (unpaired) electrons. The zero-order valence-electron chi connectivity index (χ0n) is 10.9. The van der Waals surface area contributed by atoms with Crippen LogP contribution in [0, 0.1) is 0 Å². The molecule has 0 fully saturated rings. The molecule has 2 unspecified atom stereocenters. The number of benzene rings is 1. The number of hydrogen-bond acceptors (Lipinski definition) is 4. The zero-order valence-corrected chi connectivity index (χ0v) is 11.7. The van der Waals surface area contributed by atoms with Crippen molar-refractivity contribution in [3.8, 4) is 0 Å². The lowest BCUT2D eigenvalue weighted by molar-refractivity contribution is -0.115. The lowest BCUT2D eigenvalue weighted by Crippen LogP contribution is -2.29. The molecule has 0 saturated heterocycles. The maximum atomic E-state index is 11.7. The van der Waals surface area contributed by atoms with E-state index in [1.165, 1.54) is 5.56 Å². The normalized spacial score (nSPS) is 20.2. The molecule has 1 aliphatic heterocycles. The molecule has 18 heavy (non-hydrogen) atoms. The van der Waals surface area contributed by atoms with Crippen LogP contribution in [0.3, 0.4) is 0 Å². The molecule has 2 rings (SSSR count). The minimum atomic E-state index is -0.0132. The predicted molar refractivity (Wildman–Crippen MR) is 76.1 cm³/mol. The van der Waals surface area contributed by atoms with Crippen LogP contribution in [0.15, 0.2) is 23.1 Å². The number of carbonyl (C=O) groups is 1. The van der Waals surface area contributed by atoms with Crippen molar-refractivity contribution in [2.45, 2.75) is 23.1 Å². The highest BCUT2D eigenvalue weighted by molar-refractivity contribution is 8.00. The molecule has 5 heteroatoms. The molecule has 98 valence electrons. The molecular weight excluding hydrogens is 246 g/mol. The van der Waals surface area contributed by atoms with Gasteiger partial charge in [0.25, 0.3) is 0 Å². The second-order valence-electron chi connectivity index (χ2n) is 4.40. The Kier molecular flexibility index (Phi) is 4.27. The Morgan fingerprint density at radius 1 is 1.44 bits per heavy atom. The first kappa shape index (κ1) is 13.4. The third kappa shape index (κ3) is 2.68. The van der Waals surface area contributed by atoms with Crippen LogP contribution in [-0.4, -0.2) is 31.8 Å². The number of carbonyl (C=O) groups excluding carboxylic acids is 1. The van der Waals surface area contributed by atoms with E-state index in [-0.39, 0.29) is 17.2 Å². The van der Waals surface area contributed by atoms with Crippen molar-refractivity contribution in [3.05, 3.63) is 23.8 Å². The second-order valence-corrected chi connectivity index (χ2v) is 5.79. The van der Waals surface area contributed by atoms with Gasteiger partial charge < -0.3 is 16.0 Å². The Bertz CT molecular complexity index is 450. The summed E-state index contributed by atoms with van der Waals surface area (Å²) in [6, 6.07) is 6.52. The molecule has 1 aromatic carbocycles. The van der Waals surface area contributed by atoms with Crippen molar-refractivity contribution in [2.24, 2.45) is 0 Å². The molecule has 0 aromatic heterocycles. The third-order valence-corrected chi connectivity index (χ3v) is 4.27. The first-order valence-corrected chi connectivity index (χ1v) is 6.97. The van der Waals surface area contributed by atoms with Gasteiger partial charge in [-0.2, -0.15) is 0 Å². The van der Waals surface area contributed by atoms with Gasteiger partial charge in [-0.3, -0.25) is 4.79 Å². The maximum absolute atomic E-state index is 11.7. The fraction of sp³-hybridized carbons (Fsp3) is 0.462. The van der Waals surface area contributed by atoms with Gasteiger partial charge in [0, 0.05) is 17.5 Å². The summed E-state index contributed by atoms with van der Waals surface area (Å²) in [6.07, 6.45) is 0. The van der Waals surface area contributed by atoms with Gasteiger partial charge in [-0.05, 0) is 38.7 Å². The summed E-state index contributed by atoms with van der Waals surface area (Å²) in [5.74, 6) is 0.0827. The molecule has 0 saturated carbocycles. The topological polar surface area (TPSA) is 53.2 Å². The lowest BCUT2D eigenvalue weighted by atomic mass is 10.1. The largest absolute Gasteiger partial charge is 0.324 e. The van der Waals surface area contributed by atoms with Crippen molar-refractivity contribution in [1.82, 2.24) is 10.6 Å². The summed E-state index contributed by atoms with van der Waals surface area (Å²) in [4.78, 5) is 12.8. The number of rotatable bonds is 4. The number of nitrogens with one attached hydrogen (secondary N) is 3. The minimum absolute atomic E-state index is 0.0132. The van der Waals surface area contributed by atoms with Gasteiger partial charge in [-0.1, -0.05) is 6.07 Å². The average molecular weight is 265 g/mol. The summed E-state index contributed by atoms with van der Waals surface area (Å²) >= 11 is 1.61. The molecule has 2 atom stereocenters. The van der Waals surface area contributed by atoms with Crippen LogP contribution in [0.5, 0.6) is 0 Å². The van der Waals surface area contributed by atoms with Crippen LogP contribution in [-0.2, 0) is 4.79 Å². The summed E-state index contributed by atoms with van der Waals surface area (Å²) in [7, 11) is 3.87. The summed E-state index contributed by atoms with van der Waals surface area (Å²) in [6.45, 7) is 2.78. The fourth-order valence-corrected chi connectivity index (χ4v) is 2.96. The Balaban J connectivity index is 2.26. The molecule has 0 spiro atoms. The molecule has 1 aliphatic rings. The Morgan fingerprint density at radius 2 is 2.22 bits per heavy atom. The first-order valence-electron chi connectivity index (χ1n) is 6.09. The number of amides is 1. The van der Waals surface area contributed by atoms with Crippen LogP contribution < -0.4 is 16.0 Å². The molecule has 3 N–H and O–H groups in total.